The normalized spacial score (nSPS) is 16.8. The Morgan fingerprint density at radius 3 is 2.68 bits per heavy atom. The molecule has 28 heavy (non-hydrogen) atoms. The largest absolute Gasteiger partial charge is 0.481 e. The van der Waals surface area contributed by atoms with Crippen molar-refractivity contribution in [1.82, 2.24) is 0 Å². The molecule has 5 nitrogen and oxygen atoms in total. The van der Waals surface area contributed by atoms with Crippen LogP contribution in [0.15, 0.2) is 30.3 Å². The molecule has 0 saturated carbocycles. The van der Waals surface area contributed by atoms with Crippen LogP contribution in [0.1, 0.15) is 54.4 Å². The lowest BCUT2D eigenvalue weighted by atomic mass is 9.88. The molecule has 0 spiro atoms. The van der Waals surface area contributed by atoms with E-state index in [1.807, 2.05) is 37.3 Å². The molecule has 2 atom stereocenters. The molecule has 1 heterocycles. The molecule has 1 N–H and O–H groups in total. The number of esters is 1. The molecule has 0 bridgehead atoms. The first-order valence-corrected chi connectivity index (χ1v) is 10.7. The average molecular weight is 402 g/mol. The van der Waals surface area contributed by atoms with Gasteiger partial charge in [0.15, 0.2) is 6.10 Å². The van der Waals surface area contributed by atoms with Crippen LogP contribution in [0.5, 0.6) is 5.75 Å². The van der Waals surface area contributed by atoms with Gasteiger partial charge in [0.1, 0.15) is 10.8 Å². The van der Waals surface area contributed by atoms with Gasteiger partial charge < -0.3 is 14.8 Å². The summed E-state index contributed by atoms with van der Waals surface area (Å²) in [5.74, 6) is 0.620. The van der Waals surface area contributed by atoms with Crippen molar-refractivity contribution < 1.29 is 19.1 Å². The number of ether oxygens (including phenoxy) is 2. The summed E-state index contributed by atoms with van der Waals surface area (Å²) in [4.78, 5) is 26.6. The summed E-state index contributed by atoms with van der Waals surface area (Å²) in [6.07, 6.45) is 2.71. The molecule has 0 radical (unpaired) electrons. The minimum Gasteiger partial charge on any atom is -0.481 e. The Labute approximate surface area is 170 Å². The maximum atomic E-state index is 12.9. The lowest BCUT2D eigenvalue weighted by molar-refractivity contribution is -0.122. The van der Waals surface area contributed by atoms with Crippen LogP contribution in [-0.2, 0) is 22.4 Å². The molecular weight excluding hydrogens is 374 g/mol. The Hall–Kier alpha value is -2.34. The van der Waals surface area contributed by atoms with Crippen LogP contribution in [0.25, 0.3) is 0 Å². The maximum absolute atomic E-state index is 12.9. The molecular formula is C22H27NO4S. The number of fused-ring (bicyclic) bond motifs is 1. The summed E-state index contributed by atoms with van der Waals surface area (Å²) in [5.41, 5.74) is 1.56. The van der Waals surface area contributed by atoms with E-state index in [0.717, 1.165) is 24.8 Å². The van der Waals surface area contributed by atoms with Gasteiger partial charge in [-0.3, -0.25) is 4.79 Å². The first-order valence-electron chi connectivity index (χ1n) is 9.87. The van der Waals surface area contributed by atoms with Gasteiger partial charge in [-0.15, -0.1) is 11.3 Å². The molecule has 0 aliphatic heterocycles. The Bertz CT molecular complexity index is 831. The van der Waals surface area contributed by atoms with Gasteiger partial charge in [-0.05, 0) is 56.2 Å². The molecule has 3 rings (SSSR count). The number of carbonyl (C=O) groups excluding carboxylic acids is 2. The van der Waals surface area contributed by atoms with E-state index in [9.17, 15) is 9.59 Å². The second-order valence-corrected chi connectivity index (χ2v) is 8.20. The highest BCUT2D eigenvalue weighted by Gasteiger charge is 2.30. The van der Waals surface area contributed by atoms with E-state index in [1.165, 1.54) is 16.2 Å². The average Bonchev–Trinajstić information content (AvgIpc) is 3.03. The van der Waals surface area contributed by atoms with Crippen LogP contribution in [0.3, 0.4) is 0 Å². The zero-order chi connectivity index (χ0) is 20.1. The van der Waals surface area contributed by atoms with Gasteiger partial charge in [-0.2, -0.15) is 0 Å². The molecule has 0 fully saturated rings. The monoisotopic (exact) mass is 401 g/mol. The lowest BCUT2D eigenvalue weighted by Crippen LogP contribution is -2.32. The summed E-state index contributed by atoms with van der Waals surface area (Å²) in [5, 5.41) is 3.53. The molecule has 0 unspecified atom stereocenters. The number of hydrogen-bond acceptors (Lipinski definition) is 5. The fourth-order valence-corrected chi connectivity index (χ4v) is 4.84. The molecule has 150 valence electrons. The molecule has 1 aliphatic carbocycles. The Morgan fingerprint density at radius 1 is 1.25 bits per heavy atom. The van der Waals surface area contributed by atoms with Gasteiger partial charge in [-0.1, -0.05) is 32.0 Å². The number of hydrogen-bond donors (Lipinski definition) is 1. The second kappa shape index (κ2) is 9.24. The third kappa shape index (κ3) is 4.55. The van der Waals surface area contributed by atoms with E-state index in [4.69, 9.17) is 9.47 Å². The van der Waals surface area contributed by atoms with Gasteiger partial charge in [0.2, 0.25) is 0 Å². The van der Waals surface area contributed by atoms with Crippen LogP contribution >= 0.6 is 11.3 Å². The number of nitrogens with one attached hydrogen (secondary N) is 1. The predicted octanol–water partition coefficient (Wildman–Crippen LogP) is 4.85. The minimum atomic E-state index is -0.629. The fourth-order valence-electron chi connectivity index (χ4n) is 3.44. The number of anilines is 1. The summed E-state index contributed by atoms with van der Waals surface area (Å²) in [6, 6.07) is 9.29. The molecule has 1 aromatic heterocycles. The number of rotatable bonds is 7. The summed E-state index contributed by atoms with van der Waals surface area (Å²) >= 11 is 1.49. The molecule has 6 heteroatoms. The first-order chi connectivity index (χ1) is 13.5. The number of para-hydroxylation sites is 1. The van der Waals surface area contributed by atoms with Crippen molar-refractivity contribution >= 4 is 28.2 Å². The van der Waals surface area contributed by atoms with Crippen molar-refractivity contribution in [1.29, 1.82) is 0 Å². The van der Waals surface area contributed by atoms with Gasteiger partial charge in [0, 0.05) is 4.88 Å². The van der Waals surface area contributed by atoms with Crippen LogP contribution in [0.4, 0.5) is 5.00 Å². The van der Waals surface area contributed by atoms with Crippen LogP contribution < -0.4 is 10.1 Å². The van der Waals surface area contributed by atoms with Crippen molar-refractivity contribution in [3.8, 4) is 5.75 Å². The van der Waals surface area contributed by atoms with E-state index in [1.54, 1.807) is 6.92 Å². The second-order valence-electron chi connectivity index (χ2n) is 7.09. The van der Waals surface area contributed by atoms with Crippen LogP contribution in [0, 0.1) is 5.92 Å². The van der Waals surface area contributed by atoms with Crippen molar-refractivity contribution in [2.24, 2.45) is 5.92 Å². The maximum Gasteiger partial charge on any atom is 0.341 e. The van der Waals surface area contributed by atoms with Gasteiger partial charge in [-0.25, -0.2) is 4.79 Å². The predicted molar refractivity (Wildman–Crippen MR) is 111 cm³/mol. The SMILES string of the molecule is CCOC(=O)c1c(NC(=O)[C@H](CC)Oc2ccccc2)sc2c1CC[C@@H](C)C2. The van der Waals surface area contributed by atoms with Crippen molar-refractivity contribution in [3.63, 3.8) is 0 Å². The van der Waals surface area contributed by atoms with Crippen molar-refractivity contribution in [3.05, 3.63) is 46.3 Å². The molecule has 1 amide bonds. The molecule has 1 aliphatic rings. The molecule has 0 saturated heterocycles. The van der Waals surface area contributed by atoms with E-state index in [2.05, 4.69) is 12.2 Å². The highest BCUT2D eigenvalue weighted by molar-refractivity contribution is 7.17. The van der Waals surface area contributed by atoms with Crippen LogP contribution in [0.2, 0.25) is 0 Å². The van der Waals surface area contributed by atoms with E-state index in [0.29, 0.717) is 35.3 Å². The fraction of sp³-hybridized carbons (Fsp3) is 0.455. The first kappa shape index (κ1) is 20.4. The number of thiophene rings is 1. The van der Waals surface area contributed by atoms with Gasteiger partial charge >= 0.3 is 5.97 Å². The third-order valence-electron chi connectivity index (χ3n) is 4.91. The quantitative estimate of drug-likeness (QED) is 0.674. The molecule has 2 aromatic rings. The van der Waals surface area contributed by atoms with Gasteiger partial charge in [0.05, 0.1) is 12.2 Å². The number of carbonyl (C=O) groups is 2. The van der Waals surface area contributed by atoms with Crippen molar-refractivity contribution in [2.45, 2.75) is 52.6 Å². The van der Waals surface area contributed by atoms with E-state index >= 15 is 0 Å². The zero-order valence-electron chi connectivity index (χ0n) is 16.6. The smallest absolute Gasteiger partial charge is 0.341 e. The van der Waals surface area contributed by atoms with Gasteiger partial charge in [0.25, 0.3) is 5.91 Å². The Kier molecular flexibility index (Phi) is 6.73. The zero-order valence-corrected chi connectivity index (χ0v) is 17.4. The minimum absolute atomic E-state index is 0.247. The van der Waals surface area contributed by atoms with E-state index < -0.39 is 6.10 Å². The van der Waals surface area contributed by atoms with Crippen molar-refractivity contribution in [2.75, 3.05) is 11.9 Å². The number of benzene rings is 1. The molecule has 1 aromatic carbocycles. The summed E-state index contributed by atoms with van der Waals surface area (Å²) in [6.45, 7) is 6.21. The van der Waals surface area contributed by atoms with Crippen LogP contribution in [-0.4, -0.2) is 24.6 Å². The van der Waals surface area contributed by atoms with E-state index in [-0.39, 0.29) is 11.9 Å². The Morgan fingerprint density at radius 2 is 2.00 bits per heavy atom. The summed E-state index contributed by atoms with van der Waals surface area (Å²) < 4.78 is 11.1. The Balaban J connectivity index is 1.83. The number of amides is 1. The highest BCUT2D eigenvalue weighted by Crippen LogP contribution is 2.40. The summed E-state index contributed by atoms with van der Waals surface area (Å²) in [7, 11) is 0. The highest BCUT2D eigenvalue weighted by atomic mass is 32.1. The third-order valence-corrected chi connectivity index (χ3v) is 6.08. The topological polar surface area (TPSA) is 64.6 Å². The lowest BCUT2D eigenvalue weighted by Gasteiger charge is -2.18. The standard InChI is InChI=1S/C22H27NO4S/c1-4-17(27-15-9-7-6-8-10-15)20(24)23-21-19(22(25)26-5-2)16-12-11-14(3)13-18(16)28-21/h6-10,14,17H,4-5,11-13H2,1-3H3,(H,23,24)/t14-,17+/m1/s1.